The van der Waals surface area contributed by atoms with Crippen LogP contribution in [0.5, 0.6) is 11.5 Å². The Morgan fingerprint density at radius 2 is 1.91 bits per heavy atom. The number of dihydropyridines is 1. The molecule has 0 radical (unpaired) electrons. The van der Waals surface area contributed by atoms with Crippen LogP contribution in [0.4, 0.5) is 0 Å². The summed E-state index contributed by atoms with van der Waals surface area (Å²) in [5, 5.41) is 13.6. The van der Waals surface area contributed by atoms with E-state index in [1.54, 1.807) is 26.0 Å². The first-order valence-corrected chi connectivity index (χ1v) is 11.3. The zero-order chi connectivity index (χ0) is 23.7. The molecule has 6 nitrogen and oxygen atoms in total. The largest absolute Gasteiger partial charge is 0.503 e. The summed E-state index contributed by atoms with van der Waals surface area (Å²) >= 11 is 6.28. The lowest BCUT2D eigenvalue weighted by molar-refractivity contribution is -0.138. The molecule has 2 unspecified atom stereocenters. The van der Waals surface area contributed by atoms with Crippen LogP contribution < -0.4 is 10.1 Å². The third kappa shape index (κ3) is 4.23. The van der Waals surface area contributed by atoms with Crippen LogP contribution in [0, 0.1) is 0 Å². The number of ketones is 1. The molecule has 33 heavy (non-hydrogen) atoms. The molecular weight excluding hydrogens is 442 g/mol. The molecule has 0 fully saturated rings. The summed E-state index contributed by atoms with van der Waals surface area (Å²) in [7, 11) is 1.42. The van der Waals surface area contributed by atoms with Crippen molar-refractivity contribution in [3.8, 4) is 11.5 Å². The number of hydrogen-bond donors (Lipinski definition) is 2. The summed E-state index contributed by atoms with van der Waals surface area (Å²) in [6.07, 6.45) is 0.969. The van der Waals surface area contributed by atoms with E-state index >= 15 is 0 Å². The lowest BCUT2D eigenvalue weighted by Crippen LogP contribution is -2.36. The fourth-order valence-corrected chi connectivity index (χ4v) is 4.95. The van der Waals surface area contributed by atoms with Crippen LogP contribution in [0.15, 0.2) is 65.0 Å². The molecule has 0 saturated heterocycles. The Morgan fingerprint density at radius 1 is 1.18 bits per heavy atom. The van der Waals surface area contributed by atoms with Crippen molar-refractivity contribution in [2.45, 2.75) is 38.5 Å². The van der Waals surface area contributed by atoms with Crippen LogP contribution in [-0.2, 0) is 14.3 Å². The Balaban J connectivity index is 1.86. The number of allylic oxidation sites excluding steroid dienone is 3. The summed E-state index contributed by atoms with van der Waals surface area (Å²) < 4.78 is 10.6. The van der Waals surface area contributed by atoms with Gasteiger partial charge in [0.25, 0.3) is 0 Å². The van der Waals surface area contributed by atoms with Gasteiger partial charge < -0.3 is 19.9 Å². The van der Waals surface area contributed by atoms with Gasteiger partial charge in [-0.1, -0.05) is 41.9 Å². The van der Waals surface area contributed by atoms with Gasteiger partial charge in [-0.25, -0.2) is 4.79 Å². The number of halogens is 1. The highest BCUT2D eigenvalue weighted by Crippen LogP contribution is 2.48. The number of benzene rings is 2. The lowest BCUT2D eigenvalue weighted by Gasteiger charge is -2.36. The summed E-state index contributed by atoms with van der Waals surface area (Å²) in [6.45, 7) is 3.75. The average Bonchev–Trinajstić information content (AvgIpc) is 2.80. The van der Waals surface area contributed by atoms with Crippen LogP contribution in [0.25, 0.3) is 0 Å². The number of hydrogen-bond acceptors (Lipinski definition) is 6. The van der Waals surface area contributed by atoms with Crippen LogP contribution in [0.2, 0.25) is 5.02 Å². The molecule has 4 rings (SSSR count). The van der Waals surface area contributed by atoms with Crippen molar-refractivity contribution in [1.29, 1.82) is 0 Å². The third-order valence-corrected chi connectivity index (χ3v) is 6.49. The number of ether oxygens (including phenoxy) is 2. The summed E-state index contributed by atoms with van der Waals surface area (Å²) in [6, 6.07) is 13.1. The van der Waals surface area contributed by atoms with Gasteiger partial charge in [0, 0.05) is 29.3 Å². The zero-order valence-electron chi connectivity index (χ0n) is 18.8. The molecule has 1 aliphatic heterocycles. The van der Waals surface area contributed by atoms with Crippen LogP contribution in [-0.4, -0.2) is 30.6 Å². The number of phenols is 1. The molecule has 0 aromatic heterocycles. The summed E-state index contributed by atoms with van der Waals surface area (Å²) in [4.78, 5) is 26.5. The Hall–Kier alpha value is -3.25. The second-order valence-electron chi connectivity index (χ2n) is 8.20. The maximum Gasteiger partial charge on any atom is 0.336 e. The van der Waals surface area contributed by atoms with E-state index in [0.717, 1.165) is 11.3 Å². The highest BCUT2D eigenvalue weighted by atomic mass is 35.5. The van der Waals surface area contributed by atoms with Gasteiger partial charge in [-0.15, -0.1) is 0 Å². The van der Waals surface area contributed by atoms with Crippen molar-refractivity contribution < 1.29 is 24.2 Å². The Bertz CT molecular complexity index is 1170. The van der Waals surface area contributed by atoms with Gasteiger partial charge in [-0.05, 0) is 49.4 Å². The van der Waals surface area contributed by atoms with Crippen molar-refractivity contribution in [3.63, 3.8) is 0 Å². The minimum atomic E-state index is -0.684. The first-order chi connectivity index (χ1) is 15.8. The highest BCUT2D eigenvalue weighted by molar-refractivity contribution is 6.32. The van der Waals surface area contributed by atoms with E-state index in [2.05, 4.69) is 5.32 Å². The van der Waals surface area contributed by atoms with Crippen molar-refractivity contribution in [2.75, 3.05) is 13.7 Å². The Labute approximate surface area is 197 Å². The lowest BCUT2D eigenvalue weighted by atomic mass is 9.71. The third-order valence-electron chi connectivity index (χ3n) is 6.20. The monoisotopic (exact) mass is 467 g/mol. The van der Waals surface area contributed by atoms with Gasteiger partial charge in [0.2, 0.25) is 0 Å². The Kier molecular flexibility index (Phi) is 6.47. The van der Waals surface area contributed by atoms with Gasteiger partial charge in [0.05, 0.1) is 24.3 Å². The quantitative estimate of drug-likeness (QED) is 0.603. The number of rotatable bonds is 5. The molecule has 2 aliphatic rings. The molecule has 0 bridgehead atoms. The normalized spacial score (nSPS) is 20.3. The number of esters is 1. The van der Waals surface area contributed by atoms with Crippen molar-refractivity contribution in [2.24, 2.45) is 0 Å². The number of phenolic OH excluding ortho intramolecular Hbond substituents is 1. The van der Waals surface area contributed by atoms with Crippen molar-refractivity contribution in [1.82, 2.24) is 5.32 Å². The number of nitrogens with one attached hydrogen (secondary N) is 1. The summed E-state index contributed by atoms with van der Waals surface area (Å²) in [5.74, 6) is -1.20. The Morgan fingerprint density at radius 3 is 2.58 bits per heavy atom. The van der Waals surface area contributed by atoms with Crippen LogP contribution in [0.3, 0.4) is 0 Å². The number of Topliss-reactive ketones (excluding diaryl/α,β-unsaturated/α-hetero) is 1. The minimum absolute atomic E-state index is 0.0416. The van der Waals surface area contributed by atoms with Crippen molar-refractivity contribution >= 4 is 23.4 Å². The molecule has 2 aromatic carbocycles. The predicted octanol–water partition coefficient (Wildman–Crippen LogP) is 4.98. The van der Waals surface area contributed by atoms with E-state index in [4.69, 9.17) is 21.1 Å². The van der Waals surface area contributed by atoms with Gasteiger partial charge in [-0.3, -0.25) is 4.79 Å². The second kappa shape index (κ2) is 9.32. The van der Waals surface area contributed by atoms with Gasteiger partial charge >= 0.3 is 5.97 Å². The van der Waals surface area contributed by atoms with E-state index in [0.29, 0.717) is 35.2 Å². The highest BCUT2D eigenvalue weighted by Gasteiger charge is 2.41. The fourth-order valence-electron chi connectivity index (χ4n) is 4.73. The number of carbonyl (C=O) groups is 2. The summed E-state index contributed by atoms with van der Waals surface area (Å²) in [5.41, 5.74) is 3.98. The van der Waals surface area contributed by atoms with Crippen LogP contribution >= 0.6 is 11.6 Å². The molecular formula is C26H26ClNO5. The topological polar surface area (TPSA) is 84.9 Å². The van der Waals surface area contributed by atoms with E-state index in [1.807, 2.05) is 30.3 Å². The number of aromatic hydroxyl groups is 1. The zero-order valence-corrected chi connectivity index (χ0v) is 19.5. The number of carbonyl (C=O) groups excluding carboxylic acids is 2. The molecule has 0 amide bonds. The predicted molar refractivity (Wildman–Crippen MR) is 125 cm³/mol. The van der Waals surface area contributed by atoms with Crippen LogP contribution in [0.1, 0.15) is 49.7 Å². The average molecular weight is 468 g/mol. The molecule has 2 N–H and O–H groups in total. The SMILES string of the molecule is CCOC(=O)C1=C(C)NC2=C(C(=O)CC(c3ccccc3)C2)C1c1cc(Cl)c(O)c(OC)c1. The van der Waals surface area contributed by atoms with E-state index in [-0.39, 0.29) is 34.8 Å². The van der Waals surface area contributed by atoms with Gasteiger partial charge in [0.15, 0.2) is 17.3 Å². The van der Waals surface area contributed by atoms with E-state index in [9.17, 15) is 14.7 Å². The molecule has 172 valence electrons. The van der Waals surface area contributed by atoms with Crippen molar-refractivity contribution in [3.05, 3.63) is 81.2 Å². The molecule has 2 aromatic rings. The fraction of sp³-hybridized carbons (Fsp3) is 0.308. The first-order valence-electron chi connectivity index (χ1n) is 10.9. The molecule has 2 atom stereocenters. The first kappa shape index (κ1) is 22.9. The maximum absolute atomic E-state index is 13.5. The number of methoxy groups -OCH3 is 1. The minimum Gasteiger partial charge on any atom is -0.503 e. The van der Waals surface area contributed by atoms with Gasteiger partial charge in [0.1, 0.15) is 0 Å². The van der Waals surface area contributed by atoms with E-state index in [1.165, 1.54) is 7.11 Å². The molecule has 0 saturated carbocycles. The molecule has 1 aliphatic carbocycles. The molecule has 1 heterocycles. The molecule has 0 spiro atoms. The smallest absolute Gasteiger partial charge is 0.336 e. The molecule has 7 heteroatoms. The maximum atomic E-state index is 13.5. The van der Waals surface area contributed by atoms with E-state index < -0.39 is 11.9 Å². The second-order valence-corrected chi connectivity index (χ2v) is 8.61. The standard InChI is InChI=1S/C26H26ClNO5/c1-4-33-26(31)22-14(2)28-19-11-16(15-8-6-5-7-9-15)12-20(29)24(19)23(22)17-10-18(27)25(30)21(13-17)32-3/h5-10,13,16,23,28,30H,4,11-12H2,1-3H3. The van der Waals surface area contributed by atoms with Gasteiger partial charge in [-0.2, -0.15) is 0 Å².